The number of rotatable bonds is 5. The number of likely N-dealkylation sites (N-methyl/N-ethyl adjacent to an activating group) is 1. The Hall–Kier alpha value is -2.48. The molecule has 2 heterocycles. The molecule has 0 radical (unpaired) electrons. The van der Waals surface area contributed by atoms with Gasteiger partial charge in [0.15, 0.2) is 0 Å². The van der Waals surface area contributed by atoms with Crippen LogP contribution in [-0.4, -0.2) is 42.5 Å². The Morgan fingerprint density at radius 2 is 2.10 bits per heavy atom. The number of amides is 1. The van der Waals surface area contributed by atoms with Gasteiger partial charge in [0.05, 0.1) is 19.3 Å². The Labute approximate surface area is 125 Å². The summed E-state index contributed by atoms with van der Waals surface area (Å²) < 4.78 is 4.66. The van der Waals surface area contributed by atoms with Gasteiger partial charge in [0.25, 0.3) is 0 Å². The molecule has 2 aromatic heterocycles. The van der Waals surface area contributed by atoms with Crippen LogP contribution >= 0.6 is 11.3 Å². The van der Waals surface area contributed by atoms with Crippen molar-refractivity contribution in [2.45, 2.75) is 0 Å². The number of nitrogens with one attached hydrogen (secondary N) is 1. The molecular formula is C13H14N4O3S. The van der Waals surface area contributed by atoms with Gasteiger partial charge in [-0.2, -0.15) is 0 Å². The van der Waals surface area contributed by atoms with Crippen LogP contribution in [-0.2, 0) is 9.53 Å². The molecule has 0 saturated carbocycles. The molecule has 2 aromatic rings. The second-order valence-corrected chi connectivity index (χ2v) is 5.02. The van der Waals surface area contributed by atoms with E-state index in [2.05, 4.69) is 20.0 Å². The largest absolute Gasteiger partial charge is 0.465 e. The number of nitrogens with zero attached hydrogens (tertiary/aromatic N) is 3. The van der Waals surface area contributed by atoms with Gasteiger partial charge in [-0.05, 0) is 17.5 Å². The van der Waals surface area contributed by atoms with E-state index in [0.29, 0.717) is 16.5 Å². The fraction of sp³-hybridized carbons (Fsp3) is 0.231. The molecule has 0 saturated heterocycles. The van der Waals surface area contributed by atoms with Crippen LogP contribution < -0.4 is 10.2 Å². The average Bonchev–Trinajstić information content (AvgIpc) is 2.95. The molecule has 1 N–H and O–H groups in total. The lowest BCUT2D eigenvalue weighted by Crippen LogP contribution is -2.31. The third kappa shape index (κ3) is 3.76. The summed E-state index contributed by atoms with van der Waals surface area (Å²) in [4.78, 5) is 33.6. The molecule has 8 heteroatoms. The van der Waals surface area contributed by atoms with Crippen LogP contribution in [0.4, 0.5) is 11.6 Å². The van der Waals surface area contributed by atoms with E-state index in [9.17, 15) is 9.59 Å². The lowest BCUT2D eigenvalue weighted by Gasteiger charge is -2.16. The van der Waals surface area contributed by atoms with Crippen LogP contribution in [0, 0.1) is 0 Å². The van der Waals surface area contributed by atoms with Crippen molar-refractivity contribution in [3.63, 3.8) is 0 Å². The average molecular weight is 306 g/mol. The summed E-state index contributed by atoms with van der Waals surface area (Å²) >= 11 is 1.21. The Kier molecular flexibility index (Phi) is 4.83. The van der Waals surface area contributed by atoms with Crippen molar-refractivity contribution < 1.29 is 14.3 Å². The van der Waals surface area contributed by atoms with Gasteiger partial charge in [0.1, 0.15) is 4.88 Å². The highest BCUT2D eigenvalue weighted by Crippen LogP contribution is 2.23. The molecule has 0 spiro atoms. The molecule has 0 unspecified atom stereocenters. The van der Waals surface area contributed by atoms with Gasteiger partial charge in [-0.25, -0.2) is 14.8 Å². The zero-order chi connectivity index (χ0) is 15.2. The van der Waals surface area contributed by atoms with Crippen LogP contribution in [0.3, 0.4) is 0 Å². The number of aromatic nitrogens is 2. The standard InChI is InChI=1S/C13H14N4O3S/c1-17(13-14-5-3-6-15-13)8-10(18)16-9-4-7-21-11(9)12(19)20-2/h3-7H,8H2,1-2H3,(H,16,18). The van der Waals surface area contributed by atoms with Crippen LogP contribution in [0.1, 0.15) is 9.67 Å². The summed E-state index contributed by atoms with van der Waals surface area (Å²) in [5, 5.41) is 4.39. The molecular weight excluding hydrogens is 292 g/mol. The molecule has 21 heavy (non-hydrogen) atoms. The molecule has 0 fully saturated rings. The maximum atomic E-state index is 12.0. The summed E-state index contributed by atoms with van der Waals surface area (Å²) in [7, 11) is 3.01. The summed E-state index contributed by atoms with van der Waals surface area (Å²) in [5.41, 5.74) is 0.444. The van der Waals surface area contributed by atoms with Crippen molar-refractivity contribution in [1.82, 2.24) is 9.97 Å². The third-order valence-electron chi connectivity index (χ3n) is 2.58. The summed E-state index contributed by atoms with van der Waals surface area (Å²) in [6, 6.07) is 3.36. The van der Waals surface area contributed by atoms with Crippen LogP contribution in [0.25, 0.3) is 0 Å². The highest BCUT2D eigenvalue weighted by molar-refractivity contribution is 7.12. The minimum Gasteiger partial charge on any atom is -0.465 e. The van der Waals surface area contributed by atoms with Gasteiger partial charge < -0.3 is 15.0 Å². The predicted molar refractivity (Wildman–Crippen MR) is 79.6 cm³/mol. The molecule has 0 aliphatic carbocycles. The number of hydrogen-bond acceptors (Lipinski definition) is 7. The van der Waals surface area contributed by atoms with E-state index in [0.717, 1.165) is 0 Å². The Bertz CT molecular complexity index is 629. The molecule has 7 nitrogen and oxygen atoms in total. The number of anilines is 2. The van der Waals surface area contributed by atoms with Gasteiger partial charge in [-0.3, -0.25) is 4.79 Å². The maximum absolute atomic E-state index is 12.0. The predicted octanol–water partition coefficient (Wildman–Crippen LogP) is 1.40. The van der Waals surface area contributed by atoms with Gasteiger partial charge in [0, 0.05) is 19.4 Å². The first-order valence-electron chi connectivity index (χ1n) is 6.05. The van der Waals surface area contributed by atoms with E-state index in [4.69, 9.17) is 0 Å². The monoisotopic (exact) mass is 306 g/mol. The zero-order valence-corrected chi connectivity index (χ0v) is 12.4. The SMILES string of the molecule is COC(=O)c1sccc1NC(=O)CN(C)c1ncccn1. The molecule has 0 bridgehead atoms. The summed E-state index contributed by atoms with van der Waals surface area (Å²) in [6.07, 6.45) is 3.20. The minimum absolute atomic E-state index is 0.0699. The fourth-order valence-electron chi connectivity index (χ4n) is 1.62. The normalized spacial score (nSPS) is 10.0. The number of ether oxygens (including phenoxy) is 1. The van der Waals surface area contributed by atoms with Crippen molar-refractivity contribution in [3.05, 3.63) is 34.8 Å². The molecule has 0 aromatic carbocycles. The Balaban J connectivity index is 1.99. The van der Waals surface area contributed by atoms with E-state index in [-0.39, 0.29) is 12.5 Å². The van der Waals surface area contributed by atoms with E-state index < -0.39 is 5.97 Å². The maximum Gasteiger partial charge on any atom is 0.350 e. The fourth-order valence-corrected chi connectivity index (χ4v) is 2.39. The van der Waals surface area contributed by atoms with Crippen molar-refractivity contribution in [2.75, 3.05) is 30.9 Å². The number of thiophene rings is 1. The lowest BCUT2D eigenvalue weighted by atomic mass is 10.3. The molecule has 110 valence electrons. The van der Waals surface area contributed by atoms with Crippen LogP contribution in [0.5, 0.6) is 0 Å². The highest BCUT2D eigenvalue weighted by atomic mass is 32.1. The number of carbonyl (C=O) groups excluding carboxylic acids is 2. The first kappa shape index (κ1) is 14.9. The van der Waals surface area contributed by atoms with Gasteiger partial charge in [0.2, 0.25) is 11.9 Å². The van der Waals surface area contributed by atoms with Crippen LogP contribution in [0.2, 0.25) is 0 Å². The van der Waals surface area contributed by atoms with Crippen molar-refractivity contribution >= 4 is 34.8 Å². The first-order valence-corrected chi connectivity index (χ1v) is 6.93. The number of hydrogen-bond donors (Lipinski definition) is 1. The third-order valence-corrected chi connectivity index (χ3v) is 3.48. The molecule has 0 aliphatic rings. The Morgan fingerprint density at radius 3 is 2.76 bits per heavy atom. The zero-order valence-electron chi connectivity index (χ0n) is 11.6. The van der Waals surface area contributed by atoms with Crippen molar-refractivity contribution in [2.24, 2.45) is 0 Å². The summed E-state index contributed by atoms with van der Waals surface area (Å²) in [6.45, 7) is 0.0699. The number of esters is 1. The molecule has 0 aliphatic heterocycles. The second kappa shape index (κ2) is 6.80. The topological polar surface area (TPSA) is 84.4 Å². The van der Waals surface area contributed by atoms with E-state index in [1.807, 2.05) is 0 Å². The van der Waals surface area contributed by atoms with E-state index in [1.54, 1.807) is 41.9 Å². The minimum atomic E-state index is -0.472. The van der Waals surface area contributed by atoms with E-state index in [1.165, 1.54) is 18.4 Å². The van der Waals surface area contributed by atoms with Crippen LogP contribution in [0.15, 0.2) is 29.9 Å². The van der Waals surface area contributed by atoms with Crippen molar-refractivity contribution in [1.29, 1.82) is 0 Å². The Morgan fingerprint density at radius 1 is 1.38 bits per heavy atom. The molecule has 1 amide bonds. The molecule has 0 atom stereocenters. The van der Waals surface area contributed by atoms with E-state index >= 15 is 0 Å². The first-order chi connectivity index (χ1) is 10.1. The van der Waals surface area contributed by atoms with Gasteiger partial charge >= 0.3 is 5.97 Å². The number of carbonyl (C=O) groups is 2. The van der Waals surface area contributed by atoms with Crippen molar-refractivity contribution in [3.8, 4) is 0 Å². The number of methoxy groups -OCH3 is 1. The van der Waals surface area contributed by atoms with Gasteiger partial charge in [-0.1, -0.05) is 0 Å². The highest BCUT2D eigenvalue weighted by Gasteiger charge is 2.16. The molecule has 2 rings (SSSR count). The lowest BCUT2D eigenvalue weighted by molar-refractivity contribution is -0.114. The summed E-state index contributed by atoms with van der Waals surface area (Å²) in [5.74, 6) is -0.292. The smallest absolute Gasteiger partial charge is 0.350 e. The quantitative estimate of drug-likeness (QED) is 0.841. The second-order valence-electron chi connectivity index (χ2n) is 4.11. The van der Waals surface area contributed by atoms with Gasteiger partial charge in [-0.15, -0.1) is 11.3 Å².